The van der Waals surface area contributed by atoms with E-state index in [1.54, 1.807) is 31.2 Å². The Balaban J connectivity index is 2.67. The van der Waals surface area contributed by atoms with Crippen molar-refractivity contribution in [3.05, 3.63) is 34.9 Å². The zero-order valence-electron chi connectivity index (χ0n) is 9.48. The number of hydrogen-bond donors (Lipinski definition) is 1. The highest BCUT2D eigenvalue weighted by atomic mass is 35.5. The molecule has 1 rings (SSSR count). The van der Waals surface area contributed by atoms with E-state index in [-0.39, 0.29) is 18.8 Å². The Labute approximate surface area is 105 Å². The van der Waals surface area contributed by atoms with Crippen LogP contribution in [0, 0.1) is 0 Å². The molecule has 0 aromatic heterocycles. The maximum Gasteiger partial charge on any atom is 0.323 e. The smallest absolute Gasteiger partial charge is 0.323 e. The van der Waals surface area contributed by atoms with Gasteiger partial charge in [-0.05, 0) is 19.1 Å². The topological polar surface area (TPSA) is 69.4 Å². The molecule has 0 bridgehead atoms. The number of ether oxygens (including phenoxy) is 1. The molecule has 1 unspecified atom stereocenters. The van der Waals surface area contributed by atoms with E-state index < -0.39 is 12.0 Å². The molecule has 92 valence electrons. The van der Waals surface area contributed by atoms with Gasteiger partial charge >= 0.3 is 5.97 Å². The van der Waals surface area contributed by atoms with E-state index in [4.69, 9.17) is 22.1 Å². The van der Waals surface area contributed by atoms with Crippen molar-refractivity contribution in [2.24, 2.45) is 5.73 Å². The van der Waals surface area contributed by atoms with Crippen molar-refractivity contribution < 1.29 is 14.3 Å². The predicted molar refractivity (Wildman–Crippen MR) is 65.0 cm³/mol. The minimum Gasteiger partial charge on any atom is -0.465 e. The molecular formula is C12H14ClNO3. The van der Waals surface area contributed by atoms with Crippen molar-refractivity contribution >= 4 is 23.4 Å². The van der Waals surface area contributed by atoms with Crippen LogP contribution in [0.3, 0.4) is 0 Å². The van der Waals surface area contributed by atoms with Gasteiger partial charge in [0, 0.05) is 12.0 Å². The lowest BCUT2D eigenvalue weighted by molar-refractivity contribution is -0.144. The molecule has 1 aromatic rings. The highest BCUT2D eigenvalue weighted by Crippen LogP contribution is 2.17. The summed E-state index contributed by atoms with van der Waals surface area (Å²) in [5.41, 5.74) is 5.92. The highest BCUT2D eigenvalue weighted by Gasteiger charge is 2.20. The molecule has 1 atom stereocenters. The first kappa shape index (κ1) is 13.7. The van der Waals surface area contributed by atoms with E-state index in [0.717, 1.165) is 0 Å². The van der Waals surface area contributed by atoms with Crippen LogP contribution in [0.15, 0.2) is 24.3 Å². The van der Waals surface area contributed by atoms with Gasteiger partial charge in [0.15, 0.2) is 5.78 Å². The van der Waals surface area contributed by atoms with Gasteiger partial charge in [-0.2, -0.15) is 0 Å². The molecule has 17 heavy (non-hydrogen) atoms. The molecule has 5 heteroatoms. The summed E-state index contributed by atoms with van der Waals surface area (Å²) in [4.78, 5) is 23.1. The summed E-state index contributed by atoms with van der Waals surface area (Å²) in [5.74, 6) is -0.843. The Hall–Kier alpha value is -1.39. The fraction of sp³-hybridized carbons (Fsp3) is 0.333. The van der Waals surface area contributed by atoms with Crippen molar-refractivity contribution in [2.45, 2.75) is 19.4 Å². The third-order valence-electron chi connectivity index (χ3n) is 2.17. The molecule has 0 heterocycles. The molecule has 0 aliphatic carbocycles. The normalized spacial score (nSPS) is 11.9. The van der Waals surface area contributed by atoms with E-state index >= 15 is 0 Å². The predicted octanol–water partition coefficient (Wildman–Crippen LogP) is 1.80. The largest absolute Gasteiger partial charge is 0.465 e. The van der Waals surface area contributed by atoms with E-state index in [1.807, 2.05) is 0 Å². The monoisotopic (exact) mass is 255 g/mol. The van der Waals surface area contributed by atoms with E-state index in [0.29, 0.717) is 10.6 Å². The lowest BCUT2D eigenvalue weighted by atomic mass is 10.0. The molecule has 0 spiro atoms. The van der Waals surface area contributed by atoms with Crippen LogP contribution >= 0.6 is 11.6 Å². The second kappa shape index (κ2) is 6.37. The minimum atomic E-state index is -0.946. The fourth-order valence-corrected chi connectivity index (χ4v) is 1.57. The highest BCUT2D eigenvalue weighted by molar-refractivity contribution is 6.34. The summed E-state index contributed by atoms with van der Waals surface area (Å²) in [5, 5.41) is 0.355. The van der Waals surface area contributed by atoms with Crippen molar-refractivity contribution in [1.82, 2.24) is 0 Å². The maximum absolute atomic E-state index is 11.8. The average molecular weight is 256 g/mol. The van der Waals surface area contributed by atoms with Gasteiger partial charge in [-0.25, -0.2) is 0 Å². The maximum atomic E-state index is 11.8. The van der Waals surface area contributed by atoms with E-state index in [2.05, 4.69) is 0 Å². The van der Waals surface area contributed by atoms with Gasteiger partial charge in [-0.15, -0.1) is 0 Å². The standard InChI is InChI=1S/C12H14ClNO3/c1-2-17-12(16)10(14)7-11(15)8-5-3-4-6-9(8)13/h3-6,10H,2,7,14H2,1H3. The number of nitrogens with two attached hydrogens (primary N) is 1. The summed E-state index contributed by atoms with van der Waals surface area (Å²) >= 11 is 5.87. The lowest BCUT2D eigenvalue weighted by Crippen LogP contribution is -2.34. The van der Waals surface area contributed by atoms with Gasteiger partial charge in [0.2, 0.25) is 0 Å². The Morgan fingerprint density at radius 1 is 1.41 bits per heavy atom. The fourth-order valence-electron chi connectivity index (χ4n) is 1.33. The molecule has 1 aromatic carbocycles. The molecule has 0 aliphatic rings. The number of halogens is 1. The zero-order chi connectivity index (χ0) is 12.8. The summed E-state index contributed by atoms with van der Waals surface area (Å²) in [6.07, 6.45) is -0.109. The second-order valence-electron chi connectivity index (χ2n) is 3.47. The van der Waals surface area contributed by atoms with Crippen LogP contribution in [0.2, 0.25) is 5.02 Å². The van der Waals surface area contributed by atoms with Gasteiger partial charge in [-0.3, -0.25) is 9.59 Å². The van der Waals surface area contributed by atoms with Gasteiger partial charge in [0.1, 0.15) is 6.04 Å². The molecular weight excluding hydrogens is 242 g/mol. The van der Waals surface area contributed by atoms with Crippen LogP contribution in [0.1, 0.15) is 23.7 Å². The second-order valence-corrected chi connectivity index (χ2v) is 3.87. The molecule has 0 radical (unpaired) electrons. The number of esters is 1. The van der Waals surface area contributed by atoms with E-state index in [1.165, 1.54) is 0 Å². The Morgan fingerprint density at radius 3 is 2.65 bits per heavy atom. The third kappa shape index (κ3) is 3.84. The van der Waals surface area contributed by atoms with Crippen LogP contribution in [-0.4, -0.2) is 24.4 Å². The number of rotatable bonds is 5. The summed E-state index contributed by atoms with van der Waals surface area (Å²) in [6.45, 7) is 1.92. The number of hydrogen-bond acceptors (Lipinski definition) is 4. The number of Topliss-reactive ketones (excluding diaryl/α,β-unsaturated/α-hetero) is 1. The minimum absolute atomic E-state index is 0.109. The summed E-state index contributed by atoms with van der Waals surface area (Å²) in [7, 11) is 0. The molecule has 0 aliphatic heterocycles. The van der Waals surface area contributed by atoms with Crippen LogP contribution in [0.5, 0.6) is 0 Å². The molecule has 0 saturated carbocycles. The van der Waals surface area contributed by atoms with Crippen molar-refractivity contribution in [3.63, 3.8) is 0 Å². The zero-order valence-corrected chi connectivity index (χ0v) is 10.2. The number of carbonyl (C=O) groups excluding carboxylic acids is 2. The number of benzene rings is 1. The van der Waals surface area contributed by atoms with Crippen LogP contribution < -0.4 is 5.73 Å². The average Bonchev–Trinajstić information content (AvgIpc) is 2.29. The SMILES string of the molecule is CCOC(=O)C(N)CC(=O)c1ccccc1Cl. The Bertz CT molecular complexity index is 420. The first-order valence-corrected chi connectivity index (χ1v) is 5.64. The van der Waals surface area contributed by atoms with Gasteiger partial charge < -0.3 is 10.5 Å². The van der Waals surface area contributed by atoms with Gasteiger partial charge in [0.05, 0.1) is 11.6 Å². The molecule has 0 fully saturated rings. The molecule has 0 amide bonds. The molecule has 2 N–H and O–H groups in total. The molecule has 0 saturated heterocycles. The first-order chi connectivity index (χ1) is 8.06. The quantitative estimate of drug-likeness (QED) is 0.643. The van der Waals surface area contributed by atoms with Crippen LogP contribution in [0.4, 0.5) is 0 Å². The van der Waals surface area contributed by atoms with Crippen molar-refractivity contribution in [2.75, 3.05) is 6.61 Å². The van der Waals surface area contributed by atoms with Gasteiger partial charge in [-0.1, -0.05) is 23.7 Å². The van der Waals surface area contributed by atoms with Crippen molar-refractivity contribution in [3.8, 4) is 0 Å². The number of carbonyl (C=O) groups is 2. The summed E-state index contributed by atoms with van der Waals surface area (Å²) in [6, 6.07) is 5.70. The van der Waals surface area contributed by atoms with Crippen LogP contribution in [0.25, 0.3) is 0 Å². The van der Waals surface area contributed by atoms with Gasteiger partial charge in [0.25, 0.3) is 0 Å². The Morgan fingerprint density at radius 2 is 2.06 bits per heavy atom. The van der Waals surface area contributed by atoms with Crippen molar-refractivity contribution in [1.29, 1.82) is 0 Å². The molecule has 4 nitrogen and oxygen atoms in total. The lowest BCUT2D eigenvalue weighted by Gasteiger charge is -2.10. The Kier molecular flexibility index (Phi) is 5.12. The van der Waals surface area contributed by atoms with Crippen LogP contribution in [-0.2, 0) is 9.53 Å². The third-order valence-corrected chi connectivity index (χ3v) is 2.50. The first-order valence-electron chi connectivity index (χ1n) is 5.26. The summed E-state index contributed by atoms with van der Waals surface area (Å²) < 4.78 is 4.72. The van der Waals surface area contributed by atoms with E-state index in [9.17, 15) is 9.59 Å². The number of ketones is 1.